The molecule has 0 aliphatic carbocycles. The maximum Gasteiger partial charge on any atom is 0.337 e. The summed E-state index contributed by atoms with van der Waals surface area (Å²) in [5.41, 5.74) is 7.21. The number of carboxylic acids is 1. The van der Waals surface area contributed by atoms with Gasteiger partial charge in [0.1, 0.15) is 0 Å². The van der Waals surface area contributed by atoms with E-state index in [1.807, 2.05) is 6.07 Å². The molecule has 17 heavy (non-hydrogen) atoms. The van der Waals surface area contributed by atoms with Crippen molar-refractivity contribution in [2.24, 2.45) is 5.92 Å². The number of nitrogens with zero attached hydrogens (tertiary/aromatic N) is 1. The molecule has 0 amide bonds. The molecule has 92 valence electrons. The highest BCUT2D eigenvalue weighted by Gasteiger charge is 2.28. The lowest BCUT2D eigenvalue weighted by atomic mass is 10.1. The highest BCUT2D eigenvalue weighted by Crippen LogP contribution is 2.32. The fourth-order valence-corrected chi connectivity index (χ4v) is 2.61. The minimum atomic E-state index is -0.918. The van der Waals surface area contributed by atoms with Crippen LogP contribution in [0.25, 0.3) is 0 Å². The van der Waals surface area contributed by atoms with Gasteiger partial charge in [0, 0.05) is 18.3 Å². The van der Waals surface area contributed by atoms with Crippen molar-refractivity contribution in [1.29, 1.82) is 0 Å². The third kappa shape index (κ3) is 2.20. The maximum absolute atomic E-state index is 11.2. The van der Waals surface area contributed by atoms with Gasteiger partial charge in [-0.2, -0.15) is 0 Å². The predicted molar refractivity (Wildman–Crippen MR) is 68.4 cm³/mol. The molecule has 1 aliphatic rings. The summed E-state index contributed by atoms with van der Waals surface area (Å²) >= 11 is 0. The zero-order valence-electron chi connectivity index (χ0n) is 10.2. The Balaban J connectivity index is 2.41. The number of carbonyl (C=O) groups is 1. The topological polar surface area (TPSA) is 66.6 Å². The number of anilines is 2. The van der Waals surface area contributed by atoms with Crippen molar-refractivity contribution >= 4 is 17.3 Å². The summed E-state index contributed by atoms with van der Waals surface area (Å²) in [6, 6.07) is 5.49. The first kappa shape index (κ1) is 11.8. The summed E-state index contributed by atoms with van der Waals surface area (Å²) in [6.45, 7) is 5.23. The van der Waals surface area contributed by atoms with Gasteiger partial charge in [-0.05, 0) is 37.5 Å². The molecule has 0 bridgehead atoms. The number of rotatable bonds is 2. The van der Waals surface area contributed by atoms with Gasteiger partial charge in [-0.15, -0.1) is 0 Å². The smallest absolute Gasteiger partial charge is 0.337 e. The van der Waals surface area contributed by atoms with Gasteiger partial charge in [-0.3, -0.25) is 0 Å². The molecule has 4 heteroatoms. The Kier molecular flexibility index (Phi) is 2.96. The van der Waals surface area contributed by atoms with Gasteiger partial charge < -0.3 is 15.7 Å². The van der Waals surface area contributed by atoms with Gasteiger partial charge in [0.05, 0.1) is 11.3 Å². The van der Waals surface area contributed by atoms with Gasteiger partial charge in [0.25, 0.3) is 0 Å². The highest BCUT2D eigenvalue weighted by atomic mass is 16.4. The van der Waals surface area contributed by atoms with E-state index in [9.17, 15) is 9.90 Å². The Labute approximate surface area is 101 Å². The summed E-state index contributed by atoms with van der Waals surface area (Å²) in [4.78, 5) is 13.4. The Morgan fingerprint density at radius 3 is 2.71 bits per heavy atom. The van der Waals surface area contributed by atoms with Crippen LogP contribution in [-0.2, 0) is 0 Å². The summed E-state index contributed by atoms with van der Waals surface area (Å²) in [7, 11) is 0. The standard InChI is InChI=1S/C13H18N2O2/c1-8-5-9(2)15(7-8)12-4-3-10(14)6-11(12)13(16)17/h3-4,6,8-9H,5,7,14H2,1-2H3,(H,16,17). The van der Waals surface area contributed by atoms with Gasteiger partial charge >= 0.3 is 5.97 Å². The molecule has 1 heterocycles. The van der Waals surface area contributed by atoms with E-state index in [0.717, 1.165) is 18.7 Å². The molecular formula is C13H18N2O2. The minimum Gasteiger partial charge on any atom is -0.478 e. The molecule has 2 unspecified atom stereocenters. The molecular weight excluding hydrogens is 216 g/mol. The molecule has 1 aromatic carbocycles. The van der Waals surface area contributed by atoms with Crippen molar-refractivity contribution in [3.63, 3.8) is 0 Å². The van der Waals surface area contributed by atoms with Crippen LogP contribution >= 0.6 is 0 Å². The largest absolute Gasteiger partial charge is 0.478 e. The maximum atomic E-state index is 11.2. The van der Waals surface area contributed by atoms with E-state index >= 15 is 0 Å². The van der Waals surface area contributed by atoms with Gasteiger partial charge in [0.15, 0.2) is 0 Å². The molecule has 2 atom stereocenters. The van der Waals surface area contributed by atoms with E-state index in [0.29, 0.717) is 23.2 Å². The zero-order chi connectivity index (χ0) is 12.6. The number of hydrogen-bond acceptors (Lipinski definition) is 3. The first-order chi connectivity index (χ1) is 7.99. The van der Waals surface area contributed by atoms with Crippen LogP contribution in [0.2, 0.25) is 0 Å². The zero-order valence-corrected chi connectivity index (χ0v) is 10.2. The number of benzene rings is 1. The molecule has 3 N–H and O–H groups in total. The van der Waals surface area contributed by atoms with Crippen LogP contribution in [-0.4, -0.2) is 23.7 Å². The van der Waals surface area contributed by atoms with Crippen LogP contribution in [0.4, 0.5) is 11.4 Å². The Bertz CT molecular complexity index is 445. The average Bonchev–Trinajstić information content (AvgIpc) is 2.57. The molecule has 0 spiro atoms. The molecule has 0 aromatic heterocycles. The number of hydrogen-bond donors (Lipinski definition) is 2. The summed E-state index contributed by atoms with van der Waals surface area (Å²) in [6.07, 6.45) is 1.10. The van der Waals surface area contributed by atoms with E-state index in [-0.39, 0.29) is 0 Å². The van der Waals surface area contributed by atoms with Crippen LogP contribution in [0.1, 0.15) is 30.6 Å². The number of nitrogens with two attached hydrogens (primary N) is 1. The molecule has 0 saturated carbocycles. The second-order valence-electron chi connectivity index (χ2n) is 4.92. The van der Waals surface area contributed by atoms with Gasteiger partial charge in [0.2, 0.25) is 0 Å². The first-order valence-electron chi connectivity index (χ1n) is 5.88. The quantitative estimate of drug-likeness (QED) is 0.770. The SMILES string of the molecule is CC1CC(C)N(c2ccc(N)cc2C(=O)O)C1. The van der Waals surface area contributed by atoms with Crippen molar-refractivity contribution < 1.29 is 9.90 Å². The normalized spacial score (nSPS) is 24.0. The van der Waals surface area contributed by atoms with Crippen LogP contribution in [0, 0.1) is 5.92 Å². The summed E-state index contributed by atoms with van der Waals surface area (Å²) in [5.74, 6) is -0.316. The third-order valence-corrected chi connectivity index (χ3v) is 3.34. The fourth-order valence-electron chi connectivity index (χ4n) is 2.61. The lowest BCUT2D eigenvalue weighted by molar-refractivity contribution is 0.0697. The van der Waals surface area contributed by atoms with E-state index in [1.165, 1.54) is 6.07 Å². The van der Waals surface area contributed by atoms with Crippen LogP contribution in [0.5, 0.6) is 0 Å². The third-order valence-electron chi connectivity index (χ3n) is 3.34. The van der Waals surface area contributed by atoms with E-state index < -0.39 is 5.97 Å². The molecule has 0 radical (unpaired) electrons. The molecule has 1 aromatic rings. The summed E-state index contributed by atoms with van der Waals surface area (Å²) in [5, 5.41) is 9.22. The molecule has 1 fully saturated rings. The molecule has 4 nitrogen and oxygen atoms in total. The average molecular weight is 234 g/mol. The van der Waals surface area contributed by atoms with Gasteiger partial charge in [-0.1, -0.05) is 6.92 Å². The second kappa shape index (κ2) is 4.28. The van der Waals surface area contributed by atoms with Crippen LogP contribution in [0.15, 0.2) is 18.2 Å². The predicted octanol–water partition coefficient (Wildman–Crippen LogP) is 2.20. The second-order valence-corrected chi connectivity index (χ2v) is 4.92. The van der Waals surface area contributed by atoms with E-state index in [4.69, 9.17) is 5.73 Å². The molecule has 2 rings (SSSR count). The Morgan fingerprint density at radius 1 is 1.47 bits per heavy atom. The lowest BCUT2D eigenvalue weighted by Gasteiger charge is -2.25. The van der Waals surface area contributed by atoms with Crippen molar-refractivity contribution in [1.82, 2.24) is 0 Å². The van der Waals surface area contributed by atoms with Crippen LogP contribution < -0.4 is 10.6 Å². The number of aromatic carboxylic acids is 1. The number of nitrogen functional groups attached to an aromatic ring is 1. The Morgan fingerprint density at radius 2 is 2.18 bits per heavy atom. The molecule has 1 aliphatic heterocycles. The fraction of sp³-hybridized carbons (Fsp3) is 0.462. The monoisotopic (exact) mass is 234 g/mol. The van der Waals surface area contributed by atoms with Crippen LogP contribution in [0.3, 0.4) is 0 Å². The minimum absolute atomic E-state index is 0.297. The Hall–Kier alpha value is -1.71. The lowest BCUT2D eigenvalue weighted by Crippen LogP contribution is -2.28. The highest BCUT2D eigenvalue weighted by molar-refractivity contribution is 5.95. The van der Waals surface area contributed by atoms with Crippen molar-refractivity contribution in [2.75, 3.05) is 17.2 Å². The van der Waals surface area contributed by atoms with E-state index in [1.54, 1.807) is 6.07 Å². The van der Waals surface area contributed by atoms with E-state index in [2.05, 4.69) is 18.7 Å². The van der Waals surface area contributed by atoms with Gasteiger partial charge in [-0.25, -0.2) is 4.79 Å². The van der Waals surface area contributed by atoms with Crippen molar-refractivity contribution in [2.45, 2.75) is 26.3 Å². The first-order valence-corrected chi connectivity index (χ1v) is 5.88. The summed E-state index contributed by atoms with van der Waals surface area (Å²) < 4.78 is 0. The van der Waals surface area contributed by atoms with Crippen molar-refractivity contribution in [3.8, 4) is 0 Å². The molecule has 1 saturated heterocycles. The van der Waals surface area contributed by atoms with Crippen molar-refractivity contribution in [3.05, 3.63) is 23.8 Å². The number of carboxylic acid groups (broad SMARTS) is 1.